The van der Waals surface area contributed by atoms with Crippen LogP contribution in [0.4, 0.5) is 0 Å². The smallest absolute Gasteiger partial charge is 0.335 e. The molecule has 3 saturated heterocycles. The van der Waals surface area contributed by atoms with E-state index in [1.165, 1.54) is 6.08 Å². The maximum absolute atomic E-state index is 12.4. The van der Waals surface area contributed by atoms with Gasteiger partial charge >= 0.3 is 17.9 Å². The summed E-state index contributed by atoms with van der Waals surface area (Å²) in [5.41, 5.74) is 0.782. The fourth-order valence-corrected chi connectivity index (χ4v) is 3.27. The van der Waals surface area contributed by atoms with Gasteiger partial charge in [-0.25, -0.2) is 14.4 Å². The number of rotatable bonds is 6. The molecule has 1 aliphatic carbocycles. The maximum atomic E-state index is 12.4. The molecule has 0 saturated carbocycles. The summed E-state index contributed by atoms with van der Waals surface area (Å²) in [4.78, 5) is 62.2. The molecule has 11 nitrogen and oxygen atoms in total. The van der Waals surface area contributed by atoms with Crippen LogP contribution in [0, 0.1) is 0 Å². The van der Waals surface area contributed by atoms with Crippen molar-refractivity contribution in [3.63, 3.8) is 0 Å². The number of benzene rings is 1. The Balaban J connectivity index is 0.000000155. The minimum Gasteiger partial charge on any atom is -0.478 e. The van der Waals surface area contributed by atoms with E-state index in [-0.39, 0.29) is 28.3 Å². The largest absolute Gasteiger partial charge is 0.478 e. The summed E-state index contributed by atoms with van der Waals surface area (Å²) < 4.78 is 0. The number of ketones is 2. The third-order valence-corrected chi connectivity index (χ3v) is 5.16. The first-order valence-corrected chi connectivity index (χ1v) is 9.82. The summed E-state index contributed by atoms with van der Waals surface area (Å²) in [6.45, 7) is 5.41. The van der Waals surface area contributed by atoms with Gasteiger partial charge in [0.25, 0.3) is 0 Å². The lowest BCUT2D eigenvalue weighted by Gasteiger charge is -2.21. The highest BCUT2D eigenvalue weighted by Gasteiger charge is 2.43. The summed E-state index contributed by atoms with van der Waals surface area (Å²) in [5.74, 6) is -4.07. The second-order valence-electron chi connectivity index (χ2n) is 7.60. The molecule has 0 unspecified atom stereocenters. The van der Waals surface area contributed by atoms with Gasteiger partial charge in [0.1, 0.15) is 11.4 Å². The average Bonchev–Trinajstić information content (AvgIpc) is 3.59. The molecule has 0 spiro atoms. The zero-order valence-corrected chi connectivity index (χ0v) is 16.8. The Hall–Kier alpha value is -4.15. The van der Waals surface area contributed by atoms with Crippen molar-refractivity contribution in [2.75, 3.05) is 39.3 Å². The van der Waals surface area contributed by atoms with E-state index in [1.54, 1.807) is 0 Å². The number of hydrogen-bond donors (Lipinski definition) is 3. The zero-order valence-electron chi connectivity index (χ0n) is 16.8. The fraction of sp³-hybridized carbons (Fsp3) is 0.286. The number of carboxylic acids is 3. The maximum Gasteiger partial charge on any atom is 0.335 e. The number of carboxylic acid groups (broad SMARTS) is 3. The first kappa shape index (κ1) is 21.1. The second kappa shape index (κ2) is 7.84. The standard InChI is InChI=1S/C12H13N3O2.C9H6O6/c16-9-7-8(13-1-2-13)12(17)11(15-5-6-15)10(9)14-3-4-14;10-7(11)4-1-5(8(12)13)3-6(2-4)9(14)15/h7H,1-6H2;1-3H,(H,10,11)(H,12,13)(H,14,15). The van der Waals surface area contributed by atoms with E-state index in [0.29, 0.717) is 17.1 Å². The van der Waals surface area contributed by atoms with E-state index >= 15 is 0 Å². The summed E-state index contributed by atoms with van der Waals surface area (Å²) in [7, 11) is 0. The SMILES string of the molecule is O=C(O)c1cc(C(=O)O)cc(C(=O)O)c1.O=C1C=C(N2CC2)C(=O)C(N2CC2)=C1N1CC1. The van der Waals surface area contributed by atoms with E-state index in [4.69, 9.17) is 15.3 Å². The fourth-order valence-electron chi connectivity index (χ4n) is 3.27. The summed E-state index contributed by atoms with van der Waals surface area (Å²) in [6.07, 6.45) is 1.52. The van der Waals surface area contributed by atoms with Gasteiger partial charge < -0.3 is 30.0 Å². The molecule has 166 valence electrons. The molecule has 0 atom stereocenters. The number of carbonyl (C=O) groups is 5. The topological polar surface area (TPSA) is 155 Å². The summed E-state index contributed by atoms with van der Waals surface area (Å²) >= 11 is 0. The molecule has 4 aliphatic rings. The van der Waals surface area contributed by atoms with Crippen LogP contribution < -0.4 is 0 Å². The Morgan fingerprint density at radius 2 is 1.00 bits per heavy atom. The Morgan fingerprint density at radius 3 is 1.34 bits per heavy atom. The van der Waals surface area contributed by atoms with Gasteiger partial charge in [-0.15, -0.1) is 0 Å². The Bertz CT molecular complexity index is 1040. The average molecular weight is 441 g/mol. The normalized spacial score (nSPS) is 18.6. The van der Waals surface area contributed by atoms with Gasteiger partial charge in [0.15, 0.2) is 0 Å². The predicted octanol–water partition coefficient (Wildman–Crippen LogP) is -0.0383. The summed E-state index contributed by atoms with van der Waals surface area (Å²) in [5, 5.41) is 25.8. The van der Waals surface area contributed by atoms with E-state index in [2.05, 4.69) is 0 Å². The molecule has 3 aliphatic heterocycles. The van der Waals surface area contributed by atoms with Crippen LogP contribution in [0.15, 0.2) is 41.4 Å². The molecule has 11 heteroatoms. The van der Waals surface area contributed by atoms with Crippen LogP contribution in [0.5, 0.6) is 0 Å². The van der Waals surface area contributed by atoms with E-state index in [0.717, 1.165) is 57.5 Å². The lowest BCUT2D eigenvalue weighted by atomic mass is 10.0. The minimum absolute atomic E-state index is 0.00546. The van der Waals surface area contributed by atoms with Crippen molar-refractivity contribution in [1.29, 1.82) is 0 Å². The molecule has 3 heterocycles. The minimum atomic E-state index is -1.37. The van der Waals surface area contributed by atoms with Crippen LogP contribution in [-0.4, -0.2) is 98.8 Å². The van der Waals surface area contributed by atoms with Crippen molar-refractivity contribution in [2.45, 2.75) is 0 Å². The van der Waals surface area contributed by atoms with Crippen LogP contribution in [0.25, 0.3) is 0 Å². The van der Waals surface area contributed by atoms with E-state index in [9.17, 15) is 24.0 Å². The predicted molar refractivity (Wildman–Crippen MR) is 107 cm³/mol. The Kier molecular flexibility index (Phi) is 5.17. The first-order chi connectivity index (χ1) is 15.2. The van der Waals surface area contributed by atoms with Gasteiger partial charge in [-0.2, -0.15) is 0 Å². The molecule has 3 N–H and O–H groups in total. The van der Waals surface area contributed by atoms with Crippen LogP contribution in [-0.2, 0) is 9.59 Å². The molecule has 0 amide bonds. The van der Waals surface area contributed by atoms with Crippen molar-refractivity contribution in [1.82, 2.24) is 14.7 Å². The molecular formula is C21H19N3O8. The molecule has 1 aromatic rings. The van der Waals surface area contributed by atoms with Crippen LogP contribution >= 0.6 is 0 Å². The molecule has 0 radical (unpaired) electrons. The van der Waals surface area contributed by atoms with E-state index in [1.807, 2.05) is 14.7 Å². The third-order valence-electron chi connectivity index (χ3n) is 5.16. The van der Waals surface area contributed by atoms with Crippen molar-refractivity contribution >= 4 is 29.5 Å². The second-order valence-corrected chi connectivity index (χ2v) is 7.60. The molecule has 0 bridgehead atoms. The van der Waals surface area contributed by atoms with Gasteiger partial charge in [0.2, 0.25) is 11.6 Å². The molecule has 1 aromatic carbocycles. The van der Waals surface area contributed by atoms with Crippen molar-refractivity contribution < 1.29 is 39.3 Å². The number of allylic oxidation sites excluding steroid dienone is 1. The monoisotopic (exact) mass is 441 g/mol. The van der Waals surface area contributed by atoms with Gasteiger partial charge in [0, 0.05) is 45.3 Å². The molecule has 0 aromatic heterocycles. The summed E-state index contributed by atoms with van der Waals surface area (Å²) in [6, 6.07) is 2.70. The highest BCUT2D eigenvalue weighted by Crippen LogP contribution is 2.33. The zero-order chi connectivity index (χ0) is 23.2. The number of carbonyl (C=O) groups excluding carboxylic acids is 2. The van der Waals surface area contributed by atoms with E-state index < -0.39 is 17.9 Å². The van der Waals surface area contributed by atoms with Crippen molar-refractivity contribution in [3.05, 3.63) is 58.1 Å². The first-order valence-electron chi connectivity index (χ1n) is 9.82. The molecule has 5 rings (SSSR count). The highest BCUT2D eigenvalue weighted by molar-refractivity contribution is 6.22. The lowest BCUT2D eigenvalue weighted by molar-refractivity contribution is -0.117. The van der Waals surface area contributed by atoms with Gasteiger partial charge in [0.05, 0.1) is 22.4 Å². The van der Waals surface area contributed by atoms with Gasteiger partial charge in [-0.3, -0.25) is 9.59 Å². The van der Waals surface area contributed by atoms with Crippen LogP contribution in [0.2, 0.25) is 0 Å². The number of Topliss-reactive ketones (excluding diaryl/α,β-unsaturated/α-hetero) is 1. The Morgan fingerprint density at radius 1 is 0.625 bits per heavy atom. The quantitative estimate of drug-likeness (QED) is 0.402. The third kappa shape index (κ3) is 4.31. The molecular weight excluding hydrogens is 422 g/mol. The van der Waals surface area contributed by atoms with Crippen molar-refractivity contribution in [2.24, 2.45) is 0 Å². The molecule has 32 heavy (non-hydrogen) atoms. The number of aromatic carboxylic acids is 3. The van der Waals surface area contributed by atoms with Gasteiger partial charge in [-0.1, -0.05) is 0 Å². The number of nitrogens with zero attached hydrogens (tertiary/aromatic N) is 3. The van der Waals surface area contributed by atoms with Gasteiger partial charge in [-0.05, 0) is 18.2 Å². The highest BCUT2D eigenvalue weighted by atomic mass is 16.4. The lowest BCUT2D eigenvalue weighted by Crippen LogP contribution is -2.29. The van der Waals surface area contributed by atoms with Crippen molar-refractivity contribution in [3.8, 4) is 0 Å². The number of hydrogen-bond acceptors (Lipinski definition) is 8. The van der Waals surface area contributed by atoms with Crippen LogP contribution in [0.3, 0.4) is 0 Å². The van der Waals surface area contributed by atoms with Crippen LogP contribution in [0.1, 0.15) is 31.1 Å². The molecule has 3 fully saturated rings. The Labute approximate surface area is 181 Å².